The molecule has 0 aromatic rings. The molecule has 0 aliphatic carbocycles. The molecule has 0 bridgehead atoms. The predicted octanol–water partition coefficient (Wildman–Crippen LogP) is 3.09. The van der Waals surface area contributed by atoms with E-state index in [9.17, 15) is 4.79 Å². The standard InChI is InChI=1S/C18H30N2O/c1-14(2)6-5-7-15(3)8-11-20-12-16-9-10-19(4)18(21)17(16)13-20/h6,8,16-17H,5,7,9-13H2,1-4H3/b15-8+/t16-,17+/m1/s1. The third kappa shape index (κ3) is 4.44. The van der Waals surface area contributed by atoms with Crippen molar-refractivity contribution in [3.8, 4) is 0 Å². The quantitative estimate of drug-likeness (QED) is 0.726. The molecule has 0 unspecified atom stereocenters. The number of allylic oxidation sites excluding steroid dienone is 3. The van der Waals surface area contributed by atoms with Gasteiger partial charge in [0.25, 0.3) is 0 Å². The molecular formula is C18H30N2O. The van der Waals surface area contributed by atoms with Gasteiger partial charge in [0.05, 0.1) is 5.92 Å². The topological polar surface area (TPSA) is 23.6 Å². The summed E-state index contributed by atoms with van der Waals surface area (Å²) in [5.41, 5.74) is 2.86. The van der Waals surface area contributed by atoms with E-state index in [2.05, 4.69) is 37.8 Å². The van der Waals surface area contributed by atoms with E-state index in [0.717, 1.165) is 39.0 Å². The van der Waals surface area contributed by atoms with Crippen LogP contribution in [0.1, 0.15) is 40.0 Å². The fourth-order valence-corrected chi connectivity index (χ4v) is 3.41. The van der Waals surface area contributed by atoms with E-state index in [0.29, 0.717) is 11.8 Å². The van der Waals surface area contributed by atoms with Crippen LogP contribution in [0.15, 0.2) is 23.3 Å². The summed E-state index contributed by atoms with van der Waals surface area (Å²) in [4.78, 5) is 16.5. The lowest BCUT2D eigenvalue weighted by Gasteiger charge is -2.30. The predicted molar refractivity (Wildman–Crippen MR) is 88.1 cm³/mol. The van der Waals surface area contributed by atoms with Crippen molar-refractivity contribution in [3.63, 3.8) is 0 Å². The molecule has 2 atom stereocenters. The Morgan fingerprint density at radius 3 is 2.71 bits per heavy atom. The van der Waals surface area contributed by atoms with E-state index in [1.54, 1.807) is 0 Å². The molecular weight excluding hydrogens is 260 g/mol. The van der Waals surface area contributed by atoms with Crippen molar-refractivity contribution in [2.45, 2.75) is 40.0 Å². The third-order valence-electron chi connectivity index (χ3n) is 4.83. The molecule has 3 heteroatoms. The Balaban J connectivity index is 1.80. The number of hydrogen-bond acceptors (Lipinski definition) is 2. The molecule has 0 saturated carbocycles. The molecule has 0 N–H and O–H groups in total. The number of amides is 1. The van der Waals surface area contributed by atoms with Crippen LogP contribution in [0.3, 0.4) is 0 Å². The van der Waals surface area contributed by atoms with Gasteiger partial charge in [0.2, 0.25) is 5.91 Å². The SMILES string of the molecule is CC(C)=CCC/C(C)=C/CN1C[C@H]2CCN(C)C(=O)[C@H]2C1. The molecule has 2 fully saturated rings. The molecule has 0 radical (unpaired) electrons. The van der Waals surface area contributed by atoms with Crippen molar-refractivity contribution in [2.24, 2.45) is 11.8 Å². The van der Waals surface area contributed by atoms with E-state index in [-0.39, 0.29) is 5.92 Å². The van der Waals surface area contributed by atoms with Gasteiger partial charge >= 0.3 is 0 Å². The molecule has 2 aliphatic heterocycles. The Morgan fingerprint density at radius 2 is 2.00 bits per heavy atom. The summed E-state index contributed by atoms with van der Waals surface area (Å²) >= 11 is 0. The maximum absolute atomic E-state index is 12.2. The number of likely N-dealkylation sites (tertiary alicyclic amines) is 2. The first-order chi connectivity index (χ1) is 9.97. The van der Waals surface area contributed by atoms with E-state index in [1.807, 2.05) is 11.9 Å². The summed E-state index contributed by atoms with van der Waals surface area (Å²) in [6, 6.07) is 0. The maximum Gasteiger partial charge on any atom is 0.227 e. The van der Waals surface area contributed by atoms with Crippen LogP contribution in [-0.4, -0.2) is 48.9 Å². The summed E-state index contributed by atoms with van der Waals surface area (Å²) in [5, 5.41) is 0. The zero-order valence-corrected chi connectivity index (χ0v) is 14.1. The van der Waals surface area contributed by atoms with Gasteiger partial charge < -0.3 is 4.90 Å². The molecule has 1 amide bonds. The van der Waals surface area contributed by atoms with Gasteiger partial charge in [-0.1, -0.05) is 23.3 Å². The number of carbonyl (C=O) groups excluding carboxylic acids is 1. The molecule has 2 saturated heterocycles. The van der Waals surface area contributed by atoms with Gasteiger partial charge in [0.1, 0.15) is 0 Å². The second kappa shape index (κ2) is 7.26. The Hall–Kier alpha value is -1.09. The fourth-order valence-electron chi connectivity index (χ4n) is 3.41. The fraction of sp³-hybridized carbons (Fsp3) is 0.722. The highest BCUT2D eigenvalue weighted by molar-refractivity contribution is 5.80. The largest absolute Gasteiger partial charge is 0.345 e. The zero-order chi connectivity index (χ0) is 15.4. The molecule has 2 aliphatic rings. The zero-order valence-electron chi connectivity index (χ0n) is 14.1. The van der Waals surface area contributed by atoms with Crippen molar-refractivity contribution < 1.29 is 4.79 Å². The summed E-state index contributed by atoms with van der Waals surface area (Å²) < 4.78 is 0. The smallest absolute Gasteiger partial charge is 0.227 e. The average molecular weight is 290 g/mol. The minimum absolute atomic E-state index is 0.253. The molecule has 0 spiro atoms. The van der Waals surface area contributed by atoms with Crippen LogP contribution in [-0.2, 0) is 4.79 Å². The first-order valence-corrected chi connectivity index (χ1v) is 8.23. The van der Waals surface area contributed by atoms with Crippen LogP contribution >= 0.6 is 0 Å². The van der Waals surface area contributed by atoms with Crippen LogP contribution in [0.25, 0.3) is 0 Å². The lowest BCUT2D eigenvalue weighted by atomic mass is 9.88. The van der Waals surface area contributed by atoms with Gasteiger partial charge in [-0.2, -0.15) is 0 Å². The van der Waals surface area contributed by atoms with E-state index in [1.165, 1.54) is 17.6 Å². The molecule has 2 heterocycles. The summed E-state index contributed by atoms with van der Waals surface area (Å²) in [6.45, 7) is 10.5. The minimum atomic E-state index is 0.253. The van der Waals surface area contributed by atoms with Gasteiger partial charge in [-0.05, 0) is 46.0 Å². The summed E-state index contributed by atoms with van der Waals surface area (Å²) in [6.07, 6.45) is 8.11. The van der Waals surface area contributed by atoms with Gasteiger partial charge in [-0.25, -0.2) is 0 Å². The number of piperidine rings is 1. The van der Waals surface area contributed by atoms with Gasteiger partial charge in [-0.3, -0.25) is 9.69 Å². The Kier molecular flexibility index (Phi) is 5.63. The van der Waals surface area contributed by atoms with Crippen molar-refractivity contribution >= 4 is 5.91 Å². The van der Waals surface area contributed by atoms with Crippen LogP contribution in [0.5, 0.6) is 0 Å². The van der Waals surface area contributed by atoms with Crippen LogP contribution in [0.4, 0.5) is 0 Å². The maximum atomic E-state index is 12.2. The molecule has 0 aromatic heterocycles. The number of nitrogens with zero attached hydrogens (tertiary/aromatic N) is 2. The monoisotopic (exact) mass is 290 g/mol. The highest BCUT2D eigenvalue weighted by atomic mass is 16.2. The summed E-state index contributed by atoms with van der Waals surface area (Å²) in [5.74, 6) is 1.20. The van der Waals surface area contributed by atoms with Gasteiger partial charge in [0.15, 0.2) is 0 Å². The second-order valence-electron chi connectivity index (χ2n) is 7.00. The highest BCUT2D eigenvalue weighted by Gasteiger charge is 2.41. The number of hydrogen-bond donors (Lipinski definition) is 0. The molecule has 3 nitrogen and oxygen atoms in total. The van der Waals surface area contributed by atoms with Crippen molar-refractivity contribution in [2.75, 3.05) is 33.2 Å². The minimum Gasteiger partial charge on any atom is -0.345 e. The van der Waals surface area contributed by atoms with Crippen molar-refractivity contribution in [1.29, 1.82) is 0 Å². The molecule has 21 heavy (non-hydrogen) atoms. The van der Waals surface area contributed by atoms with Crippen LogP contribution in [0.2, 0.25) is 0 Å². The number of rotatable bonds is 5. The van der Waals surface area contributed by atoms with Gasteiger partial charge in [0, 0.05) is 33.2 Å². The Bertz CT molecular complexity index is 434. The first-order valence-electron chi connectivity index (χ1n) is 8.23. The lowest BCUT2D eigenvalue weighted by Crippen LogP contribution is -2.42. The Morgan fingerprint density at radius 1 is 1.24 bits per heavy atom. The number of fused-ring (bicyclic) bond motifs is 1. The highest BCUT2D eigenvalue weighted by Crippen LogP contribution is 2.31. The second-order valence-corrected chi connectivity index (χ2v) is 7.00. The molecule has 118 valence electrons. The normalized spacial score (nSPS) is 27.0. The number of carbonyl (C=O) groups is 1. The molecule has 2 rings (SSSR count). The van der Waals surface area contributed by atoms with Crippen LogP contribution < -0.4 is 0 Å². The van der Waals surface area contributed by atoms with Crippen molar-refractivity contribution in [1.82, 2.24) is 9.80 Å². The first kappa shape index (κ1) is 16.3. The van der Waals surface area contributed by atoms with E-state index >= 15 is 0 Å². The van der Waals surface area contributed by atoms with Crippen molar-refractivity contribution in [3.05, 3.63) is 23.3 Å². The average Bonchev–Trinajstić information content (AvgIpc) is 2.84. The van der Waals surface area contributed by atoms with E-state index < -0.39 is 0 Å². The lowest BCUT2D eigenvalue weighted by molar-refractivity contribution is -0.137. The van der Waals surface area contributed by atoms with E-state index in [4.69, 9.17) is 0 Å². The van der Waals surface area contributed by atoms with Gasteiger partial charge in [-0.15, -0.1) is 0 Å². The van der Waals surface area contributed by atoms with Crippen LogP contribution in [0, 0.1) is 11.8 Å². The Labute approximate surface area is 129 Å². The third-order valence-corrected chi connectivity index (χ3v) is 4.83. The molecule has 0 aromatic carbocycles. The summed E-state index contributed by atoms with van der Waals surface area (Å²) in [7, 11) is 1.94.